The maximum absolute atomic E-state index is 12.7. The molecule has 2 aromatic heterocycles. The first-order chi connectivity index (χ1) is 14.1. The first-order valence-corrected chi connectivity index (χ1v) is 9.48. The van der Waals surface area contributed by atoms with Gasteiger partial charge in [0.15, 0.2) is 0 Å². The monoisotopic (exact) mass is 397 g/mol. The molecule has 2 atom stereocenters. The number of aromatic nitrogens is 2. The van der Waals surface area contributed by atoms with Crippen molar-refractivity contribution < 1.29 is 19.7 Å². The second-order valence-electron chi connectivity index (χ2n) is 6.37. The Morgan fingerprint density at radius 2 is 1.93 bits per heavy atom. The number of rotatable bonds is 8. The van der Waals surface area contributed by atoms with Gasteiger partial charge in [-0.3, -0.25) is 9.78 Å². The van der Waals surface area contributed by atoms with Crippen LogP contribution in [0.2, 0.25) is 0 Å². The molecule has 0 aromatic carbocycles. The predicted octanol–water partition coefficient (Wildman–Crippen LogP) is 2.58. The zero-order valence-electron chi connectivity index (χ0n) is 16.7. The number of methoxy groups -OCH3 is 1. The molecule has 0 aliphatic heterocycles. The Morgan fingerprint density at radius 1 is 1.14 bits per heavy atom. The molecule has 7 heteroatoms. The number of ether oxygens (including phenoxy) is 1. The van der Waals surface area contributed by atoms with Crippen molar-refractivity contribution in [3.63, 3.8) is 0 Å². The fourth-order valence-corrected chi connectivity index (χ4v) is 2.67. The van der Waals surface area contributed by atoms with Gasteiger partial charge in [-0.05, 0) is 36.6 Å². The van der Waals surface area contributed by atoms with Gasteiger partial charge in [-0.1, -0.05) is 31.2 Å². The van der Waals surface area contributed by atoms with Gasteiger partial charge in [0.1, 0.15) is 11.8 Å². The van der Waals surface area contributed by atoms with E-state index < -0.39 is 6.10 Å². The van der Waals surface area contributed by atoms with Crippen molar-refractivity contribution in [2.24, 2.45) is 0 Å². The third kappa shape index (κ3) is 6.81. The lowest BCUT2D eigenvalue weighted by Gasteiger charge is -2.15. The summed E-state index contributed by atoms with van der Waals surface area (Å²) in [6, 6.07) is 13.6. The molecule has 0 aliphatic rings. The van der Waals surface area contributed by atoms with Crippen LogP contribution in [0.4, 0.5) is 0 Å². The number of pyridine rings is 1. The van der Waals surface area contributed by atoms with Crippen LogP contribution in [-0.4, -0.2) is 45.8 Å². The van der Waals surface area contributed by atoms with E-state index in [0.717, 1.165) is 0 Å². The smallest absolute Gasteiger partial charge is 0.270 e. The van der Waals surface area contributed by atoms with Crippen molar-refractivity contribution >= 4 is 5.91 Å². The van der Waals surface area contributed by atoms with Crippen molar-refractivity contribution in [2.45, 2.75) is 31.9 Å². The second kappa shape index (κ2) is 11.7. The Balaban J connectivity index is 2.42. The minimum atomic E-state index is -1.00. The van der Waals surface area contributed by atoms with Crippen molar-refractivity contribution in [3.05, 3.63) is 77.7 Å². The number of aliphatic hydroxyl groups is 2. The van der Waals surface area contributed by atoms with E-state index in [-0.39, 0.29) is 24.2 Å². The molecule has 3 N–H and O–H groups in total. The van der Waals surface area contributed by atoms with Crippen LogP contribution in [0.5, 0.6) is 5.88 Å². The molecule has 0 aliphatic carbocycles. The van der Waals surface area contributed by atoms with E-state index in [1.165, 1.54) is 19.5 Å². The van der Waals surface area contributed by atoms with E-state index in [4.69, 9.17) is 9.84 Å². The van der Waals surface area contributed by atoms with Crippen LogP contribution < -0.4 is 10.1 Å². The summed E-state index contributed by atoms with van der Waals surface area (Å²) in [5.41, 5.74) is 1.21. The van der Waals surface area contributed by atoms with Crippen molar-refractivity contribution in [1.82, 2.24) is 15.3 Å². The molecule has 2 heterocycles. The fourth-order valence-electron chi connectivity index (χ4n) is 2.67. The van der Waals surface area contributed by atoms with Gasteiger partial charge in [-0.2, -0.15) is 0 Å². The predicted molar refractivity (Wildman–Crippen MR) is 110 cm³/mol. The molecular weight excluding hydrogens is 370 g/mol. The normalized spacial score (nSPS) is 12.4. The molecule has 1 amide bonds. The van der Waals surface area contributed by atoms with E-state index in [9.17, 15) is 9.90 Å². The van der Waals surface area contributed by atoms with E-state index in [0.29, 0.717) is 29.8 Å². The highest BCUT2D eigenvalue weighted by Gasteiger charge is 2.15. The topological polar surface area (TPSA) is 105 Å². The van der Waals surface area contributed by atoms with Crippen LogP contribution in [0, 0.1) is 0 Å². The standard InChI is InChI=1S/C22H27N3O4/c1-3-18(11-13-26)25-22(28)19-14-16(8-6-4-5-7-12-23-19)21(27)17-9-10-20(29-2)24-15-17/h4-10,12,14-15,18,21,26-27H,3,11,13H2,1-2H3,(H,25,28). The highest BCUT2D eigenvalue weighted by Crippen LogP contribution is 2.22. The number of hydrogen-bond acceptors (Lipinski definition) is 6. The van der Waals surface area contributed by atoms with Crippen LogP contribution in [0.1, 0.15) is 47.5 Å². The first kappa shape index (κ1) is 22.3. The maximum Gasteiger partial charge on any atom is 0.270 e. The summed E-state index contributed by atoms with van der Waals surface area (Å²) in [5, 5.41) is 22.9. The number of aliphatic hydroxyl groups excluding tert-OH is 2. The molecule has 154 valence electrons. The number of carbonyl (C=O) groups excluding carboxylic acids is 1. The average Bonchev–Trinajstić information content (AvgIpc) is 2.76. The number of carbonyl (C=O) groups is 1. The minimum Gasteiger partial charge on any atom is -0.481 e. The average molecular weight is 397 g/mol. The molecule has 0 fully saturated rings. The Hall–Kier alpha value is -3.03. The second-order valence-corrected chi connectivity index (χ2v) is 6.37. The number of hydrogen-bond donors (Lipinski definition) is 3. The lowest BCUT2D eigenvalue weighted by molar-refractivity contribution is 0.0924. The van der Waals surface area contributed by atoms with Gasteiger partial charge >= 0.3 is 0 Å². The zero-order chi connectivity index (χ0) is 21.1. The van der Waals surface area contributed by atoms with Gasteiger partial charge < -0.3 is 20.3 Å². The van der Waals surface area contributed by atoms with Crippen LogP contribution in [0.15, 0.2) is 60.9 Å². The van der Waals surface area contributed by atoms with E-state index in [1.54, 1.807) is 48.5 Å². The quantitative estimate of drug-likeness (QED) is 0.632. The molecule has 0 radical (unpaired) electrons. The molecule has 0 saturated heterocycles. The van der Waals surface area contributed by atoms with Crippen molar-refractivity contribution in [3.8, 4) is 5.88 Å². The molecule has 2 aromatic rings. The Labute approximate surface area is 170 Å². The summed E-state index contributed by atoms with van der Waals surface area (Å²) >= 11 is 0. The van der Waals surface area contributed by atoms with Gasteiger partial charge in [0.2, 0.25) is 5.88 Å². The minimum absolute atomic E-state index is 0.0109. The summed E-state index contributed by atoms with van der Waals surface area (Å²) in [6.07, 6.45) is 3.20. The molecule has 7 nitrogen and oxygen atoms in total. The molecule has 2 unspecified atom stereocenters. The Morgan fingerprint density at radius 3 is 2.59 bits per heavy atom. The van der Waals surface area contributed by atoms with Gasteiger partial charge in [-0.25, -0.2) is 4.98 Å². The summed E-state index contributed by atoms with van der Waals surface area (Å²) < 4.78 is 5.05. The van der Waals surface area contributed by atoms with Crippen LogP contribution in [0.25, 0.3) is 0 Å². The Bertz CT molecular complexity index is 841. The number of amides is 1. The third-order valence-corrected chi connectivity index (χ3v) is 4.36. The van der Waals surface area contributed by atoms with Crippen LogP contribution in [-0.2, 0) is 0 Å². The highest BCUT2D eigenvalue weighted by atomic mass is 16.5. The van der Waals surface area contributed by atoms with Crippen molar-refractivity contribution in [2.75, 3.05) is 13.7 Å². The largest absolute Gasteiger partial charge is 0.481 e. The molecule has 2 rings (SSSR count). The zero-order valence-corrected chi connectivity index (χ0v) is 16.7. The molecule has 29 heavy (non-hydrogen) atoms. The third-order valence-electron chi connectivity index (χ3n) is 4.36. The van der Waals surface area contributed by atoms with E-state index >= 15 is 0 Å². The van der Waals surface area contributed by atoms with Crippen molar-refractivity contribution in [1.29, 1.82) is 0 Å². The van der Waals surface area contributed by atoms with Gasteiger partial charge in [0.05, 0.1) is 7.11 Å². The molecule has 0 spiro atoms. The maximum atomic E-state index is 12.7. The van der Waals surface area contributed by atoms with Gasteiger partial charge in [-0.15, -0.1) is 0 Å². The van der Waals surface area contributed by atoms with E-state index in [1.807, 2.05) is 6.92 Å². The highest BCUT2D eigenvalue weighted by molar-refractivity contribution is 5.92. The summed E-state index contributed by atoms with van der Waals surface area (Å²) in [4.78, 5) is 21.1. The number of nitrogens with zero attached hydrogens (tertiary/aromatic N) is 2. The van der Waals surface area contributed by atoms with Crippen LogP contribution in [0.3, 0.4) is 0 Å². The fraction of sp³-hybridized carbons (Fsp3) is 0.318. The molecule has 0 saturated carbocycles. The van der Waals surface area contributed by atoms with Gasteiger partial charge in [0, 0.05) is 36.7 Å². The number of nitrogens with one attached hydrogen (secondary N) is 1. The summed E-state index contributed by atoms with van der Waals surface area (Å²) in [5.74, 6) is 0.0751. The van der Waals surface area contributed by atoms with E-state index in [2.05, 4.69) is 15.3 Å². The SMILES string of the molecule is CCC(CCO)NC(=O)c1cc(C(O)c2ccc(OC)nc2)ccccccn1. The summed E-state index contributed by atoms with van der Waals surface area (Å²) in [7, 11) is 1.52. The lowest BCUT2D eigenvalue weighted by Crippen LogP contribution is -2.35. The van der Waals surface area contributed by atoms with Gasteiger partial charge in [0.25, 0.3) is 5.91 Å². The molecular formula is C22H27N3O4. The van der Waals surface area contributed by atoms with Crippen LogP contribution >= 0.6 is 0 Å². The lowest BCUT2D eigenvalue weighted by atomic mass is 10.0. The first-order valence-electron chi connectivity index (χ1n) is 9.48. The molecule has 0 bridgehead atoms. The Kier molecular flexibility index (Phi) is 9.01. The summed E-state index contributed by atoms with van der Waals surface area (Å²) in [6.45, 7) is 1.92.